The lowest BCUT2D eigenvalue weighted by atomic mass is 9.97. The SMILES string of the molecule is C=C(C(=O)OCCOc1ccc(-c2ccc(-c3ccc(-c4ccc(CCC)cc4)cc3)cc2F)cc1)C(F)(F)F. The van der Waals surface area contributed by atoms with Crippen molar-refractivity contribution in [3.63, 3.8) is 0 Å². The molecule has 0 aliphatic heterocycles. The minimum Gasteiger partial charge on any atom is -0.490 e. The van der Waals surface area contributed by atoms with Crippen LogP contribution in [-0.2, 0) is 16.0 Å². The fraction of sp³-hybridized carbons (Fsp3) is 0.182. The summed E-state index contributed by atoms with van der Waals surface area (Å²) in [7, 11) is 0. The molecule has 0 aliphatic rings. The van der Waals surface area contributed by atoms with E-state index in [1.807, 2.05) is 30.3 Å². The molecule has 0 saturated carbocycles. The maximum absolute atomic E-state index is 15.1. The van der Waals surface area contributed by atoms with Crippen molar-refractivity contribution in [2.45, 2.75) is 25.9 Å². The molecule has 4 aromatic carbocycles. The first-order chi connectivity index (χ1) is 19.2. The molecule has 0 N–H and O–H groups in total. The van der Waals surface area contributed by atoms with E-state index in [0.717, 1.165) is 35.1 Å². The zero-order chi connectivity index (χ0) is 28.7. The van der Waals surface area contributed by atoms with Gasteiger partial charge in [-0.2, -0.15) is 13.2 Å². The maximum Gasteiger partial charge on any atom is 0.422 e. The molecule has 0 amide bonds. The van der Waals surface area contributed by atoms with Gasteiger partial charge in [0.15, 0.2) is 0 Å². The Morgan fingerprint density at radius 3 is 1.82 bits per heavy atom. The van der Waals surface area contributed by atoms with Gasteiger partial charge < -0.3 is 9.47 Å². The number of carbonyl (C=O) groups excluding carboxylic acids is 1. The van der Waals surface area contributed by atoms with Gasteiger partial charge in [0.1, 0.15) is 30.4 Å². The molecule has 0 radical (unpaired) electrons. The smallest absolute Gasteiger partial charge is 0.422 e. The van der Waals surface area contributed by atoms with Gasteiger partial charge in [0.25, 0.3) is 0 Å². The van der Waals surface area contributed by atoms with Gasteiger partial charge in [-0.15, -0.1) is 0 Å². The summed E-state index contributed by atoms with van der Waals surface area (Å²) < 4.78 is 62.3. The molecule has 3 nitrogen and oxygen atoms in total. The third kappa shape index (κ3) is 7.17. The first-order valence-corrected chi connectivity index (χ1v) is 12.8. The van der Waals surface area contributed by atoms with E-state index < -0.39 is 17.7 Å². The number of hydrogen-bond acceptors (Lipinski definition) is 3. The minimum atomic E-state index is -4.84. The van der Waals surface area contributed by atoms with Gasteiger partial charge in [-0.25, -0.2) is 9.18 Å². The lowest BCUT2D eigenvalue weighted by Gasteiger charge is -2.11. The van der Waals surface area contributed by atoms with Gasteiger partial charge >= 0.3 is 12.1 Å². The van der Waals surface area contributed by atoms with E-state index in [2.05, 4.69) is 42.5 Å². The average molecular weight is 549 g/mol. The summed E-state index contributed by atoms with van der Waals surface area (Å²) in [5.41, 5.74) is 4.68. The van der Waals surface area contributed by atoms with Crippen LogP contribution >= 0.6 is 0 Å². The van der Waals surface area contributed by atoms with Crippen LogP contribution in [-0.4, -0.2) is 25.4 Å². The Morgan fingerprint density at radius 2 is 1.27 bits per heavy atom. The first kappa shape index (κ1) is 28.6. The second-order valence-corrected chi connectivity index (χ2v) is 9.20. The summed E-state index contributed by atoms with van der Waals surface area (Å²) in [6, 6.07) is 28.2. The maximum atomic E-state index is 15.1. The summed E-state index contributed by atoms with van der Waals surface area (Å²) in [5.74, 6) is -1.52. The van der Waals surface area contributed by atoms with Crippen LogP contribution in [0.5, 0.6) is 5.75 Å². The molecule has 0 saturated heterocycles. The molecule has 206 valence electrons. The van der Waals surface area contributed by atoms with Crippen LogP contribution in [0, 0.1) is 5.82 Å². The van der Waals surface area contributed by atoms with Crippen molar-refractivity contribution in [2.75, 3.05) is 13.2 Å². The van der Waals surface area contributed by atoms with Crippen molar-refractivity contribution in [1.29, 1.82) is 0 Å². The molecular weight excluding hydrogens is 520 g/mol. The zero-order valence-electron chi connectivity index (χ0n) is 21.9. The highest BCUT2D eigenvalue weighted by molar-refractivity contribution is 5.89. The number of ether oxygens (including phenoxy) is 2. The number of hydrogen-bond donors (Lipinski definition) is 0. The molecule has 0 fully saturated rings. The third-order valence-electron chi connectivity index (χ3n) is 6.35. The van der Waals surface area contributed by atoms with Gasteiger partial charge in [0.05, 0.1) is 0 Å². The highest BCUT2D eigenvalue weighted by Gasteiger charge is 2.37. The fourth-order valence-electron chi connectivity index (χ4n) is 4.16. The summed E-state index contributed by atoms with van der Waals surface area (Å²) in [4.78, 5) is 11.3. The number of benzene rings is 4. The lowest BCUT2D eigenvalue weighted by molar-refractivity contribution is -0.151. The van der Waals surface area contributed by atoms with Gasteiger partial charge in [-0.1, -0.05) is 92.7 Å². The Hall–Kier alpha value is -4.39. The molecule has 4 rings (SSSR count). The molecule has 40 heavy (non-hydrogen) atoms. The van der Waals surface area contributed by atoms with Crippen LogP contribution < -0.4 is 4.74 Å². The highest BCUT2D eigenvalue weighted by Crippen LogP contribution is 2.31. The molecule has 0 spiro atoms. The number of carbonyl (C=O) groups is 1. The van der Waals surface area contributed by atoms with Crippen molar-refractivity contribution in [3.8, 4) is 39.1 Å². The molecule has 0 aliphatic carbocycles. The molecule has 0 unspecified atom stereocenters. The predicted molar refractivity (Wildman–Crippen MR) is 148 cm³/mol. The Morgan fingerprint density at radius 1 is 0.750 bits per heavy atom. The normalized spacial score (nSPS) is 11.2. The summed E-state index contributed by atoms with van der Waals surface area (Å²) in [6.45, 7) is 4.32. The molecule has 0 atom stereocenters. The van der Waals surface area contributed by atoms with Crippen molar-refractivity contribution in [2.24, 2.45) is 0 Å². The van der Waals surface area contributed by atoms with E-state index in [0.29, 0.717) is 16.9 Å². The quantitative estimate of drug-likeness (QED) is 0.0860. The van der Waals surface area contributed by atoms with Crippen molar-refractivity contribution < 1.29 is 31.8 Å². The molecule has 0 heterocycles. The molecule has 4 aromatic rings. The molecule has 0 aromatic heterocycles. The van der Waals surface area contributed by atoms with Crippen molar-refractivity contribution >= 4 is 5.97 Å². The Labute approximate surface area is 230 Å². The highest BCUT2D eigenvalue weighted by atomic mass is 19.4. The standard InChI is InChI=1S/C33H28F4O3/c1-3-4-23-5-7-24(8-6-23)25-9-11-26(12-10-25)28-15-18-30(31(34)21-28)27-13-16-29(17-14-27)39-19-20-40-32(38)22(2)33(35,36)37/h5-18,21H,2-4,19-20H2,1H3. The molecule has 7 heteroatoms. The number of alkyl halides is 3. The lowest BCUT2D eigenvalue weighted by Crippen LogP contribution is -2.22. The van der Waals surface area contributed by atoms with Crippen LogP contribution in [0.1, 0.15) is 18.9 Å². The summed E-state index contributed by atoms with van der Waals surface area (Å²) >= 11 is 0. The molecule has 0 bridgehead atoms. The largest absolute Gasteiger partial charge is 0.490 e. The van der Waals surface area contributed by atoms with Crippen LogP contribution in [0.2, 0.25) is 0 Å². The summed E-state index contributed by atoms with van der Waals surface area (Å²) in [5, 5.41) is 0. The van der Waals surface area contributed by atoms with E-state index in [1.165, 1.54) is 11.6 Å². The number of esters is 1. The topological polar surface area (TPSA) is 35.5 Å². The Bertz CT molecular complexity index is 1460. The van der Waals surface area contributed by atoms with Crippen molar-refractivity contribution in [1.82, 2.24) is 0 Å². The van der Waals surface area contributed by atoms with Gasteiger partial charge in [0.2, 0.25) is 0 Å². The Kier molecular flexibility index (Phi) is 9.04. The van der Waals surface area contributed by atoms with E-state index in [4.69, 9.17) is 4.74 Å². The second kappa shape index (κ2) is 12.6. The van der Waals surface area contributed by atoms with Crippen LogP contribution in [0.4, 0.5) is 17.6 Å². The van der Waals surface area contributed by atoms with Gasteiger partial charge in [-0.05, 0) is 58.0 Å². The van der Waals surface area contributed by atoms with Gasteiger partial charge in [0, 0.05) is 5.56 Å². The fourth-order valence-corrected chi connectivity index (χ4v) is 4.16. The van der Waals surface area contributed by atoms with Crippen LogP contribution in [0.3, 0.4) is 0 Å². The monoisotopic (exact) mass is 548 g/mol. The Balaban J connectivity index is 1.35. The van der Waals surface area contributed by atoms with E-state index in [-0.39, 0.29) is 19.0 Å². The number of rotatable bonds is 10. The van der Waals surface area contributed by atoms with E-state index in [1.54, 1.807) is 30.3 Å². The summed E-state index contributed by atoms with van der Waals surface area (Å²) in [6.07, 6.45) is -2.67. The number of halogens is 4. The van der Waals surface area contributed by atoms with Crippen molar-refractivity contribution in [3.05, 3.63) is 115 Å². The van der Waals surface area contributed by atoms with Crippen LogP contribution in [0.15, 0.2) is 103 Å². The third-order valence-corrected chi connectivity index (χ3v) is 6.35. The van der Waals surface area contributed by atoms with Crippen LogP contribution in [0.25, 0.3) is 33.4 Å². The zero-order valence-corrected chi connectivity index (χ0v) is 21.9. The van der Waals surface area contributed by atoms with E-state index >= 15 is 4.39 Å². The van der Waals surface area contributed by atoms with E-state index in [9.17, 15) is 18.0 Å². The van der Waals surface area contributed by atoms with Gasteiger partial charge in [-0.3, -0.25) is 0 Å². The minimum absolute atomic E-state index is 0.151. The molecular formula is C33H28F4O3. The predicted octanol–water partition coefficient (Wildman–Crippen LogP) is 8.82. The second-order valence-electron chi connectivity index (χ2n) is 9.20. The first-order valence-electron chi connectivity index (χ1n) is 12.8. The number of aryl methyl sites for hydroxylation is 1. The average Bonchev–Trinajstić information content (AvgIpc) is 2.95.